The topological polar surface area (TPSA) is 38.0 Å². The standard InChI is InChI=1S/C17H20N2O/c1-14(2)17-18-9-10-19(17)13-16-8-5-7-15(12-16)6-3-4-11-20/h5,7-10,12,14,20H,4,11,13H2,1-2H3. The summed E-state index contributed by atoms with van der Waals surface area (Å²) in [6.45, 7) is 5.22. The Labute approximate surface area is 120 Å². The minimum Gasteiger partial charge on any atom is -0.395 e. The number of aromatic nitrogens is 2. The zero-order chi connectivity index (χ0) is 14.4. The van der Waals surface area contributed by atoms with Gasteiger partial charge in [0.1, 0.15) is 5.82 Å². The molecule has 0 saturated heterocycles. The van der Waals surface area contributed by atoms with Crippen LogP contribution in [0.5, 0.6) is 0 Å². The molecule has 0 fully saturated rings. The second-order valence-corrected chi connectivity index (χ2v) is 5.04. The van der Waals surface area contributed by atoms with Crippen LogP contribution in [0, 0.1) is 11.8 Å². The number of imidazole rings is 1. The molecule has 104 valence electrons. The molecule has 0 radical (unpaired) electrons. The number of hydrogen-bond donors (Lipinski definition) is 1. The van der Waals surface area contributed by atoms with Gasteiger partial charge in [-0.05, 0) is 17.7 Å². The molecule has 3 nitrogen and oxygen atoms in total. The predicted molar refractivity (Wildman–Crippen MR) is 80.4 cm³/mol. The van der Waals surface area contributed by atoms with Crippen LogP contribution in [0.25, 0.3) is 0 Å². The van der Waals surface area contributed by atoms with Gasteiger partial charge < -0.3 is 9.67 Å². The minimum absolute atomic E-state index is 0.111. The van der Waals surface area contributed by atoms with E-state index in [1.165, 1.54) is 5.56 Å². The number of benzene rings is 1. The van der Waals surface area contributed by atoms with E-state index in [0.29, 0.717) is 12.3 Å². The summed E-state index contributed by atoms with van der Waals surface area (Å²) in [5.74, 6) is 7.53. The molecule has 0 amide bonds. The van der Waals surface area contributed by atoms with E-state index in [9.17, 15) is 0 Å². The van der Waals surface area contributed by atoms with Gasteiger partial charge in [-0.3, -0.25) is 0 Å². The van der Waals surface area contributed by atoms with Gasteiger partial charge in [0.15, 0.2) is 0 Å². The molecule has 3 heteroatoms. The van der Waals surface area contributed by atoms with E-state index in [0.717, 1.165) is 17.9 Å². The highest BCUT2D eigenvalue weighted by Crippen LogP contribution is 2.14. The first kappa shape index (κ1) is 14.4. The molecule has 1 N–H and O–H groups in total. The zero-order valence-electron chi connectivity index (χ0n) is 12.0. The van der Waals surface area contributed by atoms with Crippen molar-refractivity contribution in [2.75, 3.05) is 6.61 Å². The molecular weight excluding hydrogens is 248 g/mol. The van der Waals surface area contributed by atoms with Gasteiger partial charge in [0.05, 0.1) is 6.61 Å². The summed E-state index contributed by atoms with van der Waals surface area (Å²) in [4.78, 5) is 4.40. The molecule has 0 saturated carbocycles. The molecule has 0 aliphatic carbocycles. The number of aliphatic hydroxyl groups is 1. The maximum absolute atomic E-state index is 8.74. The van der Waals surface area contributed by atoms with Crippen LogP contribution >= 0.6 is 0 Å². The third kappa shape index (κ3) is 3.72. The number of hydrogen-bond acceptors (Lipinski definition) is 2. The maximum atomic E-state index is 8.74. The van der Waals surface area contributed by atoms with Gasteiger partial charge in [0.2, 0.25) is 0 Å². The van der Waals surface area contributed by atoms with Crippen molar-refractivity contribution in [3.63, 3.8) is 0 Å². The molecule has 2 rings (SSSR count). The number of rotatable bonds is 4. The van der Waals surface area contributed by atoms with Crippen LogP contribution in [-0.2, 0) is 6.54 Å². The van der Waals surface area contributed by atoms with Crippen molar-refractivity contribution in [1.82, 2.24) is 9.55 Å². The first-order chi connectivity index (χ1) is 9.70. The molecule has 1 aromatic carbocycles. The van der Waals surface area contributed by atoms with Gasteiger partial charge in [-0.1, -0.05) is 37.8 Å². The van der Waals surface area contributed by atoms with Crippen LogP contribution in [0.15, 0.2) is 36.7 Å². The molecule has 0 atom stereocenters. The van der Waals surface area contributed by atoms with Crippen LogP contribution in [0.1, 0.15) is 43.1 Å². The Bertz CT molecular complexity index is 617. The average Bonchev–Trinajstić information content (AvgIpc) is 2.88. The quantitative estimate of drug-likeness (QED) is 0.866. The summed E-state index contributed by atoms with van der Waals surface area (Å²) in [5, 5.41) is 8.74. The van der Waals surface area contributed by atoms with E-state index in [2.05, 4.69) is 47.4 Å². The van der Waals surface area contributed by atoms with Crippen LogP contribution in [-0.4, -0.2) is 21.3 Å². The molecule has 0 aliphatic heterocycles. The highest BCUT2D eigenvalue weighted by Gasteiger charge is 2.07. The fraction of sp³-hybridized carbons (Fsp3) is 0.353. The van der Waals surface area contributed by atoms with Crippen molar-refractivity contribution in [3.05, 3.63) is 53.6 Å². The van der Waals surface area contributed by atoms with Crippen LogP contribution < -0.4 is 0 Å². The van der Waals surface area contributed by atoms with Crippen molar-refractivity contribution in [3.8, 4) is 11.8 Å². The predicted octanol–water partition coefficient (Wildman–Crippen LogP) is 2.79. The lowest BCUT2D eigenvalue weighted by Crippen LogP contribution is -2.05. The van der Waals surface area contributed by atoms with E-state index in [1.807, 2.05) is 24.5 Å². The Morgan fingerprint density at radius 2 is 2.20 bits per heavy atom. The van der Waals surface area contributed by atoms with Crippen molar-refractivity contribution in [2.24, 2.45) is 0 Å². The Kier molecular flexibility index (Phi) is 4.97. The summed E-state index contributed by atoms with van der Waals surface area (Å²) in [5.41, 5.74) is 2.20. The average molecular weight is 268 g/mol. The summed E-state index contributed by atoms with van der Waals surface area (Å²) >= 11 is 0. The highest BCUT2D eigenvalue weighted by molar-refractivity contribution is 5.37. The first-order valence-corrected chi connectivity index (χ1v) is 6.90. The molecule has 1 heterocycles. The lowest BCUT2D eigenvalue weighted by Gasteiger charge is -2.10. The van der Waals surface area contributed by atoms with Gasteiger partial charge in [0, 0.05) is 36.8 Å². The molecule has 0 unspecified atom stereocenters. The Balaban J connectivity index is 2.16. The summed E-state index contributed by atoms with van der Waals surface area (Å²) < 4.78 is 2.17. The third-order valence-electron chi connectivity index (χ3n) is 3.01. The first-order valence-electron chi connectivity index (χ1n) is 6.90. The maximum Gasteiger partial charge on any atom is 0.111 e. The molecule has 0 bridgehead atoms. The van der Waals surface area contributed by atoms with E-state index < -0.39 is 0 Å². The van der Waals surface area contributed by atoms with E-state index in [-0.39, 0.29) is 6.61 Å². The van der Waals surface area contributed by atoms with Crippen LogP contribution in [0.2, 0.25) is 0 Å². The monoisotopic (exact) mass is 268 g/mol. The van der Waals surface area contributed by atoms with Gasteiger partial charge in [-0.25, -0.2) is 4.98 Å². The molecule has 2 aromatic rings. The van der Waals surface area contributed by atoms with Crippen molar-refractivity contribution in [2.45, 2.75) is 32.7 Å². The Morgan fingerprint density at radius 3 is 2.95 bits per heavy atom. The van der Waals surface area contributed by atoms with Crippen molar-refractivity contribution >= 4 is 0 Å². The summed E-state index contributed by atoms with van der Waals surface area (Å²) in [6.07, 6.45) is 4.38. The number of nitrogens with zero attached hydrogens (tertiary/aromatic N) is 2. The lowest BCUT2D eigenvalue weighted by molar-refractivity contribution is 0.305. The van der Waals surface area contributed by atoms with Crippen LogP contribution in [0.4, 0.5) is 0 Å². The largest absolute Gasteiger partial charge is 0.395 e. The van der Waals surface area contributed by atoms with E-state index in [4.69, 9.17) is 5.11 Å². The zero-order valence-corrected chi connectivity index (χ0v) is 12.0. The minimum atomic E-state index is 0.111. The van der Waals surface area contributed by atoms with Gasteiger partial charge in [-0.2, -0.15) is 0 Å². The van der Waals surface area contributed by atoms with Gasteiger partial charge >= 0.3 is 0 Å². The Hall–Kier alpha value is -2.05. The fourth-order valence-corrected chi connectivity index (χ4v) is 2.12. The van der Waals surface area contributed by atoms with E-state index >= 15 is 0 Å². The summed E-state index contributed by atoms with van der Waals surface area (Å²) in [6, 6.07) is 8.20. The van der Waals surface area contributed by atoms with Crippen molar-refractivity contribution in [1.29, 1.82) is 0 Å². The molecular formula is C17H20N2O. The lowest BCUT2D eigenvalue weighted by atomic mass is 10.1. The van der Waals surface area contributed by atoms with Crippen LogP contribution in [0.3, 0.4) is 0 Å². The smallest absolute Gasteiger partial charge is 0.111 e. The molecule has 0 aliphatic rings. The van der Waals surface area contributed by atoms with Gasteiger partial charge in [0.25, 0.3) is 0 Å². The second-order valence-electron chi connectivity index (χ2n) is 5.04. The normalized spacial score (nSPS) is 10.4. The van der Waals surface area contributed by atoms with Gasteiger partial charge in [-0.15, -0.1) is 0 Å². The molecule has 20 heavy (non-hydrogen) atoms. The third-order valence-corrected chi connectivity index (χ3v) is 3.01. The SMILES string of the molecule is CC(C)c1nccn1Cc1cccc(C#CCCO)c1. The fourth-order valence-electron chi connectivity index (χ4n) is 2.12. The number of aliphatic hydroxyl groups excluding tert-OH is 1. The van der Waals surface area contributed by atoms with E-state index in [1.54, 1.807) is 0 Å². The molecule has 0 spiro atoms. The molecule has 1 aromatic heterocycles. The Morgan fingerprint density at radius 1 is 1.35 bits per heavy atom. The van der Waals surface area contributed by atoms with Crippen molar-refractivity contribution < 1.29 is 5.11 Å². The second kappa shape index (κ2) is 6.93. The summed E-state index contributed by atoms with van der Waals surface area (Å²) in [7, 11) is 0. The highest BCUT2D eigenvalue weighted by atomic mass is 16.2.